The van der Waals surface area contributed by atoms with Crippen molar-refractivity contribution in [3.63, 3.8) is 0 Å². The Balaban J connectivity index is 1.71. The van der Waals surface area contributed by atoms with Crippen molar-refractivity contribution in [1.29, 1.82) is 0 Å². The maximum Gasteiger partial charge on any atom is 0.326 e. The minimum Gasteiger partial charge on any atom is -0.315 e. The van der Waals surface area contributed by atoms with Crippen LogP contribution in [0.15, 0.2) is 84.9 Å². The quantitative estimate of drug-likeness (QED) is 0.440. The zero-order chi connectivity index (χ0) is 22.7. The van der Waals surface area contributed by atoms with Crippen LogP contribution >= 0.6 is 0 Å². The van der Waals surface area contributed by atoms with E-state index in [0.29, 0.717) is 16.7 Å². The Kier molecular flexibility index (Phi) is 5.91. The molecule has 1 aliphatic heterocycles. The third-order valence-corrected chi connectivity index (χ3v) is 6.01. The number of carbonyl (C=O) groups excluding carboxylic acids is 3. The molecule has 32 heavy (non-hydrogen) atoms. The molecule has 162 valence electrons. The summed E-state index contributed by atoms with van der Waals surface area (Å²) in [7, 11) is 0. The molecule has 3 aromatic carbocycles. The number of imide groups is 1. The van der Waals surface area contributed by atoms with Gasteiger partial charge in [-0.2, -0.15) is 0 Å². The zero-order valence-corrected chi connectivity index (χ0v) is 18.2. The molecule has 0 saturated carbocycles. The molecule has 4 rings (SSSR count). The van der Waals surface area contributed by atoms with Crippen LogP contribution in [0.25, 0.3) is 0 Å². The van der Waals surface area contributed by atoms with Gasteiger partial charge < -0.3 is 5.32 Å². The molecule has 0 aliphatic carbocycles. The highest BCUT2D eigenvalue weighted by molar-refractivity contribution is 6.14. The fourth-order valence-electron chi connectivity index (χ4n) is 4.32. The summed E-state index contributed by atoms with van der Waals surface area (Å²) in [4.78, 5) is 41.2. The highest BCUT2D eigenvalue weighted by atomic mass is 16.2. The van der Waals surface area contributed by atoms with Crippen molar-refractivity contribution in [2.45, 2.75) is 38.3 Å². The Hall–Kier alpha value is -3.73. The highest BCUT2D eigenvalue weighted by Crippen LogP contribution is 2.37. The number of Topliss-reactive ketones (excluding diaryl/α,β-unsaturated/α-hetero) is 1. The minimum atomic E-state index is -1.38. The van der Waals surface area contributed by atoms with E-state index in [9.17, 15) is 14.4 Å². The molecule has 0 radical (unpaired) electrons. The number of nitrogens with one attached hydrogen (secondary N) is 1. The number of ketones is 1. The summed E-state index contributed by atoms with van der Waals surface area (Å²) in [6.45, 7) is 3.70. The van der Waals surface area contributed by atoms with E-state index >= 15 is 0 Å². The number of aryl methyl sites for hydroxylation is 1. The second-order valence-electron chi connectivity index (χ2n) is 8.07. The van der Waals surface area contributed by atoms with Crippen LogP contribution in [0.4, 0.5) is 4.79 Å². The van der Waals surface area contributed by atoms with E-state index in [4.69, 9.17) is 0 Å². The summed E-state index contributed by atoms with van der Waals surface area (Å²) in [5.41, 5.74) is 1.55. The largest absolute Gasteiger partial charge is 0.326 e. The number of carbonyl (C=O) groups is 3. The lowest BCUT2D eigenvalue weighted by Crippen LogP contribution is -2.47. The van der Waals surface area contributed by atoms with Crippen molar-refractivity contribution in [1.82, 2.24) is 10.2 Å². The van der Waals surface area contributed by atoms with Crippen LogP contribution in [-0.4, -0.2) is 28.7 Å². The van der Waals surface area contributed by atoms with Gasteiger partial charge in [0.05, 0.1) is 0 Å². The lowest BCUT2D eigenvalue weighted by Gasteiger charge is -2.29. The monoisotopic (exact) mass is 426 g/mol. The van der Waals surface area contributed by atoms with Gasteiger partial charge in [-0.1, -0.05) is 98.3 Å². The van der Waals surface area contributed by atoms with E-state index in [2.05, 4.69) is 12.2 Å². The van der Waals surface area contributed by atoms with Crippen molar-refractivity contribution < 1.29 is 14.4 Å². The summed E-state index contributed by atoms with van der Waals surface area (Å²) in [5.74, 6) is -0.725. The molecule has 0 unspecified atom stereocenters. The molecule has 5 nitrogen and oxygen atoms in total. The average Bonchev–Trinajstić information content (AvgIpc) is 3.11. The van der Waals surface area contributed by atoms with Gasteiger partial charge in [0.1, 0.15) is 6.04 Å². The topological polar surface area (TPSA) is 66.5 Å². The van der Waals surface area contributed by atoms with Gasteiger partial charge in [-0.05, 0) is 30.0 Å². The molecule has 0 spiro atoms. The Morgan fingerprint density at radius 3 is 1.91 bits per heavy atom. The van der Waals surface area contributed by atoms with E-state index in [1.807, 2.05) is 72.8 Å². The molecule has 1 saturated heterocycles. The van der Waals surface area contributed by atoms with Crippen molar-refractivity contribution in [3.05, 3.63) is 107 Å². The van der Waals surface area contributed by atoms with Crippen LogP contribution in [0.3, 0.4) is 0 Å². The van der Waals surface area contributed by atoms with Crippen LogP contribution in [0.5, 0.6) is 0 Å². The molecule has 3 amide bonds. The maximum atomic E-state index is 13.8. The SMILES string of the molecule is CCCc1ccc(C(=O)[C@@H](C)N2C(=O)NC(c3ccccc3)(c3ccccc3)C2=O)cc1. The van der Waals surface area contributed by atoms with Gasteiger partial charge in [0.15, 0.2) is 11.3 Å². The van der Waals surface area contributed by atoms with Crippen LogP contribution in [0, 0.1) is 0 Å². The van der Waals surface area contributed by atoms with Gasteiger partial charge in [-0.15, -0.1) is 0 Å². The molecule has 0 aromatic heterocycles. The van der Waals surface area contributed by atoms with Gasteiger partial charge >= 0.3 is 6.03 Å². The normalized spacial score (nSPS) is 16.0. The zero-order valence-electron chi connectivity index (χ0n) is 18.2. The first-order chi connectivity index (χ1) is 15.5. The summed E-state index contributed by atoms with van der Waals surface area (Å²) >= 11 is 0. The predicted molar refractivity (Wildman–Crippen MR) is 123 cm³/mol. The lowest BCUT2D eigenvalue weighted by atomic mass is 9.82. The summed E-state index contributed by atoms with van der Waals surface area (Å²) in [5, 5.41) is 2.90. The number of rotatable bonds is 7. The first-order valence-corrected chi connectivity index (χ1v) is 10.9. The Morgan fingerprint density at radius 2 is 1.41 bits per heavy atom. The minimum absolute atomic E-state index is 0.270. The predicted octanol–water partition coefficient (Wildman–Crippen LogP) is 4.71. The Bertz CT molecular complexity index is 1090. The lowest BCUT2D eigenvalue weighted by molar-refractivity contribution is -0.131. The van der Waals surface area contributed by atoms with Crippen molar-refractivity contribution in [2.75, 3.05) is 0 Å². The van der Waals surface area contributed by atoms with Crippen LogP contribution < -0.4 is 5.32 Å². The maximum absolute atomic E-state index is 13.8. The first-order valence-electron chi connectivity index (χ1n) is 10.9. The summed E-state index contributed by atoms with van der Waals surface area (Å²) < 4.78 is 0. The van der Waals surface area contributed by atoms with E-state index < -0.39 is 23.5 Å². The number of hydrogen-bond donors (Lipinski definition) is 1. The van der Waals surface area contributed by atoms with Gasteiger partial charge in [0.25, 0.3) is 5.91 Å². The van der Waals surface area contributed by atoms with E-state index in [-0.39, 0.29) is 5.78 Å². The van der Waals surface area contributed by atoms with Crippen LogP contribution in [0.1, 0.15) is 47.3 Å². The molecule has 1 aliphatic rings. The third-order valence-electron chi connectivity index (χ3n) is 6.01. The Labute approximate surface area is 188 Å². The van der Waals surface area contributed by atoms with Gasteiger partial charge in [-0.25, -0.2) is 4.79 Å². The van der Waals surface area contributed by atoms with Crippen molar-refractivity contribution in [3.8, 4) is 0 Å². The number of amides is 3. The summed E-state index contributed by atoms with van der Waals surface area (Å²) in [6, 6.07) is 24.1. The molecule has 1 N–H and O–H groups in total. The third kappa shape index (κ3) is 3.60. The summed E-state index contributed by atoms with van der Waals surface area (Å²) in [6.07, 6.45) is 1.96. The van der Waals surface area contributed by atoms with Gasteiger partial charge in [-0.3, -0.25) is 14.5 Å². The highest BCUT2D eigenvalue weighted by Gasteiger charge is 2.55. The standard InChI is InChI=1S/C27H26N2O3/c1-3-10-20-15-17-21(18-16-20)24(30)19(2)29-25(31)27(28-26(29)32,22-11-6-4-7-12-22)23-13-8-5-9-14-23/h4-9,11-19H,3,10H2,1-2H3,(H,28,32)/t19-/m1/s1. The average molecular weight is 427 g/mol. The number of nitrogens with zero attached hydrogens (tertiary/aromatic N) is 1. The second-order valence-corrected chi connectivity index (χ2v) is 8.07. The molecular weight excluding hydrogens is 400 g/mol. The van der Waals surface area contributed by atoms with E-state index in [1.54, 1.807) is 19.1 Å². The molecule has 5 heteroatoms. The van der Waals surface area contributed by atoms with Crippen molar-refractivity contribution >= 4 is 17.7 Å². The van der Waals surface area contributed by atoms with E-state index in [0.717, 1.165) is 23.3 Å². The first kappa shape index (κ1) is 21.5. The molecule has 1 fully saturated rings. The Morgan fingerprint density at radius 1 is 0.875 bits per heavy atom. The van der Waals surface area contributed by atoms with E-state index in [1.165, 1.54) is 0 Å². The second kappa shape index (κ2) is 8.79. The molecule has 1 heterocycles. The molecule has 3 aromatic rings. The van der Waals surface area contributed by atoms with Crippen LogP contribution in [0.2, 0.25) is 0 Å². The molecule has 1 atom stereocenters. The van der Waals surface area contributed by atoms with Gasteiger partial charge in [0.2, 0.25) is 0 Å². The van der Waals surface area contributed by atoms with Gasteiger partial charge in [0, 0.05) is 5.56 Å². The number of urea groups is 1. The number of hydrogen-bond acceptors (Lipinski definition) is 3. The fourth-order valence-corrected chi connectivity index (χ4v) is 4.32. The fraction of sp³-hybridized carbons (Fsp3) is 0.222. The number of benzene rings is 3. The molecular formula is C27H26N2O3. The van der Waals surface area contributed by atoms with Crippen LogP contribution in [-0.2, 0) is 16.8 Å². The smallest absolute Gasteiger partial charge is 0.315 e. The molecule has 0 bridgehead atoms. The van der Waals surface area contributed by atoms with Crippen molar-refractivity contribution in [2.24, 2.45) is 0 Å².